The number of carbonyl (C=O) groups is 2. The van der Waals surface area contributed by atoms with Crippen LogP contribution in [0.3, 0.4) is 0 Å². The van der Waals surface area contributed by atoms with Crippen LogP contribution in [0.25, 0.3) is 0 Å². The fourth-order valence-electron chi connectivity index (χ4n) is 3.63. The molecule has 2 amide bonds. The van der Waals surface area contributed by atoms with Crippen molar-refractivity contribution >= 4 is 17.5 Å². The number of anilines is 1. The van der Waals surface area contributed by atoms with Crippen molar-refractivity contribution in [2.75, 3.05) is 38.3 Å². The van der Waals surface area contributed by atoms with E-state index in [-0.39, 0.29) is 24.4 Å². The maximum Gasteiger partial charge on any atom is 0.262 e. The molecule has 0 bridgehead atoms. The number of amides is 2. The van der Waals surface area contributed by atoms with E-state index in [1.54, 1.807) is 13.1 Å². The highest BCUT2D eigenvalue weighted by atomic mass is 16.6. The molecule has 0 saturated carbocycles. The zero-order chi connectivity index (χ0) is 21.1. The molecule has 0 spiro atoms. The van der Waals surface area contributed by atoms with Gasteiger partial charge in [0.25, 0.3) is 5.91 Å². The van der Waals surface area contributed by atoms with Crippen molar-refractivity contribution in [3.63, 3.8) is 0 Å². The fourth-order valence-corrected chi connectivity index (χ4v) is 3.63. The number of nitrogens with zero attached hydrogens (tertiary/aromatic N) is 1. The minimum absolute atomic E-state index is 0.114. The standard InChI is InChI=1S/C22H25N3O5/c1-14(15-7-8-18-19(11-15)29-10-9-28-18)24-21(26)13-25-12-20(22(27)23-2)30-17-6-4-3-5-16(17)25/h3-8,11,14,20H,9-10,12-13H2,1-2H3,(H,23,27)(H,24,26)/t14-,20-/m1/s1. The first kappa shape index (κ1) is 19.9. The summed E-state index contributed by atoms with van der Waals surface area (Å²) in [6, 6.07) is 12.9. The van der Waals surface area contributed by atoms with Crippen LogP contribution in [0, 0.1) is 0 Å². The lowest BCUT2D eigenvalue weighted by Gasteiger charge is -2.35. The van der Waals surface area contributed by atoms with Gasteiger partial charge in [-0.15, -0.1) is 0 Å². The molecule has 30 heavy (non-hydrogen) atoms. The monoisotopic (exact) mass is 411 g/mol. The molecule has 0 saturated heterocycles. The molecule has 0 radical (unpaired) electrons. The summed E-state index contributed by atoms with van der Waals surface area (Å²) in [5.41, 5.74) is 1.72. The lowest BCUT2D eigenvalue weighted by atomic mass is 10.1. The Morgan fingerprint density at radius 2 is 1.87 bits per heavy atom. The number of hydrogen-bond acceptors (Lipinski definition) is 6. The van der Waals surface area contributed by atoms with Gasteiger partial charge in [0, 0.05) is 7.05 Å². The molecule has 2 N–H and O–H groups in total. The number of rotatable bonds is 5. The van der Waals surface area contributed by atoms with Gasteiger partial charge in [0.05, 0.1) is 24.8 Å². The highest BCUT2D eigenvalue weighted by molar-refractivity contribution is 5.86. The Labute approximate surface area is 175 Å². The Morgan fingerprint density at radius 1 is 1.10 bits per heavy atom. The predicted octanol–water partition coefficient (Wildman–Crippen LogP) is 1.65. The van der Waals surface area contributed by atoms with Crippen LogP contribution in [0.4, 0.5) is 5.69 Å². The number of fused-ring (bicyclic) bond motifs is 2. The second kappa shape index (κ2) is 8.52. The van der Waals surface area contributed by atoms with E-state index in [4.69, 9.17) is 14.2 Å². The zero-order valence-electron chi connectivity index (χ0n) is 17.0. The third-order valence-electron chi connectivity index (χ3n) is 5.18. The van der Waals surface area contributed by atoms with Crippen molar-refractivity contribution in [2.24, 2.45) is 0 Å². The van der Waals surface area contributed by atoms with Crippen molar-refractivity contribution in [2.45, 2.75) is 19.1 Å². The normalized spacial score (nSPS) is 17.9. The Hall–Kier alpha value is -3.42. The van der Waals surface area contributed by atoms with E-state index in [0.717, 1.165) is 11.3 Å². The number of benzene rings is 2. The second-order valence-electron chi connectivity index (χ2n) is 7.26. The molecule has 0 aliphatic carbocycles. The lowest BCUT2D eigenvalue weighted by Crippen LogP contribution is -2.50. The molecule has 0 aromatic heterocycles. The largest absolute Gasteiger partial charge is 0.486 e. The Balaban J connectivity index is 1.44. The van der Waals surface area contributed by atoms with Gasteiger partial charge >= 0.3 is 0 Å². The molecule has 2 heterocycles. The fraction of sp³-hybridized carbons (Fsp3) is 0.364. The number of likely N-dealkylation sites (N-methyl/N-ethyl adjacent to an activating group) is 1. The van der Waals surface area contributed by atoms with Crippen LogP contribution in [0.15, 0.2) is 42.5 Å². The molecule has 0 fully saturated rings. The average molecular weight is 411 g/mol. The Bertz CT molecular complexity index is 948. The van der Waals surface area contributed by atoms with E-state index < -0.39 is 6.10 Å². The number of ether oxygens (including phenoxy) is 3. The van der Waals surface area contributed by atoms with Crippen LogP contribution in [-0.4, -0.2) is 51.3 Å². The van der Waals surface area contributed by atoms with E-state index in [1.165, 1.54) is 0 Å². The van der Waals surface area contributed by atoms with Crippen molar-refractivity contribution < 1.29 is 23.8 Å². The number of nitrogens with one attached hydrogen (secondary N) is 2. The highest BCUT2D eigenvalue weighted by Gasteiger charge is 2.31. The van der Waals surface area contributed by atoms with Crippen LogP contribution in [0.1, 0.15) is 18.5 Å². The molecule has 8 nitrogen and oxygen atoms in total. The van der Waals surface area contributed by atoms with Crippen molar-refractivity contribution in [3.05, 3.63) is 48.0 Å². The predicted molar refractivity (Wildman–Crippen MR) is 111 cm³/mol. The summed E-state index contributed by atoms with van der Waals surface area (Å²) in [4.78, 5) is 26.8. The molecule has 2 aliphatic heterocycles. The average Bonchev–Trinajstić information content (AvgIpc) is 2.78. The quantitative estimate of drug-likeness (QED) is 0.778. The lowest BCUT2D eigenvalue weighted by molar-refractivity contribution is -0.127. The first-order valence-electron chi connectivity index (χ1n) is 9.96. The SMILES string of the molecule is CNC(=O)[C@H]1CN(CC(=O)N[C@H](C)c2ccc3c(c2)OCCO3)c2ccccc2O1. The molecule has 158 valence electrons. The number of para-hydroxylation sites is 2. The first-order chi connectivity index (χ1) is 14.5. The maximum atomic E-state index is 12.8. The topological polar surface area (TPSA) is 89.1 Å². The Morgan fingerprint density at radius 3 is 2.67 bits per heavy atom. The van der Waals surface area contributed by atoms with Gasteiger partial charge in [-0.2, -0.15) is 0 Å². The second-order valence-corrected chi connectivity index (χ2v) is 7.26. The van der Waals surface area contributed by atoms with Gasteiger partial charge in [0.15, 0.2) is 17.6 Å². The van der Waals surface area contributed by atoms with E-state index in [9.17, 15) is 9.59 Å². The summed E-state index contributed by atoms with van der Waals surface area (Å²) in [7, 11) is 1.57. The van der Waals surface area contributed by atoms with Gasteiger partial charge < -0.3 is 29.7 Å². The van der Waals surface area contributed by atoms with E-state index >= 15 is 0 Å². The molecule has 2 atom stereocenters. The number of hydrogen-bond donors (Lipinski definition) is 2. The summed E-state index contributed by atoms with van der Waals surface area (Å²) in [5.74, 6) is 1.62. The maximum absolute atomic E-state index is 12.8. The van der Waals surface area contributed by atoms with E-state index in [0.29, 0.717) is 37.0 Å². The van der Waals surface area contributed by atoms with E-state index in [1.807, 2.05) is 48.2 Å². The van der Waals surface area contributed by atoms with Crippen LogP contribution in [0.5, 0.6) is 17.2 Å². The van der Waals surface area contributed by atoms with Gasteiger partial charge in [0.2, 0.25) is 5.91 Å². The van der Waals surface area contributed by atoms with Crippen molar-refractivity contribution in [1.29, 1.82) is 0 Å². The van der Waals surface area contributed by atoms with E-state index in [2.05, 4.69) is 10.6 Å². The van der Waals surface area contributed by atoms with Crippen LogP contribution in [0.2, 0.25) is 0 Å². The van der Waals surface area contributed by atoms with Gasteiger partial charge in [-0.3, -0.25) is 9.59 Å². The van der Waals surface area contributed by atoms with Gasteiger partial charge in [-0.25, -0.2) is 0 Å². The molecule has 8 heteroatoms. The molecule has 4 rings (SSSR count). The van der Waals surface area contributed by atoms with Crippen LogP contribution < -0.4 is 29.7 Å². The van der Waals surface area contributed by atoms with Crippen molar-refractivity contribution in [1.82, 2.24) is 10.6 Å². The highest BCUT2D eigenvalue weighted by Crippen LogP contribution is 2.34. The summed E-state index contributed by atoms with van der Waals surface area (Å²) < 4.78 is 17.0. The summed E-state index contributed by atoms with van der Waals surface area (Å²) in [6.07, 6.45) is -0.673. The number of carbonyl (C=O) groups excluding carboxylic acids is 2. The summed E-state index contributed by atoms with van der Waals surface area (Å²) in [5, 5.41) is 5.63. The molecular weight excluding hydrogens is 386 g/mol. The van der Waals surface area contributed by atoms with Gasteiger partial charge in [-0.05, 0) is 36.8 Å². The molecule has 0 unspecified atom stereocenters. The van der Waals surface area contributed by atoms with Gasteiger partial charge in [0.1, 0.15) is 19.0 Å². The van der Waals surface area contributed by atoms with Crippen LogP contribution >= 0.6 is 0 Å². The smallest absolute Gasteiger partial charge is 0.262 e. The minimum atomic E-state index is -0.673. The molecule has 2 aromatic rings. The third kappa shape index (κ3) is 4.12. The van der Waals surface area contributed by atoms with Gasteiger partial charge in [-0.1, -0.05) is 18.2 Å². The molecular formula is C22H25N3O5. The Kier molecular flexibility index (Phi) is 5.65. The minimum Gasteiger partial charge on any atom is -0.486 e. The molecule has 2 aliphatic rings. The van der Waals surface area contributed by atoms with Crippen molar-refractivity contribution in [3.8, 4) is 17.2 Å². The first-order valence-corrected chi connectivity index (χ1v) is 9.96. The summed E-state index contributed by atoms with van der Waals surface area (Å²) in [6.45, 7) is 3.38. The van der Waals surface area contributed by atoms with Crippen LogP contribution in [-0.2, 0) is 9.59 Å². The molecule has 2 aromatic carbocycles. The summed E-state index contributed by atoms with van der Waals surface area (Å²) >= 11 is 0. The zero-order valence-corrected chi connectivity index (χ0v) is 17.0. The third-order valence-corrected chi connectivity index (χ3v) is 5.18.